The summed E-state index contributed by atoms with van der Waals surface area (Å²) in [5.74, 6) is 1.12. The highest BCUT2D eigenvalue weighted by atomic mass is 16.5. The standard InChI is InChI=1S/C22H29N5O3/c1-13-11-26(2)17-10-24-20(25-21(17)27(12-13)14-6-4-5-7-14)16-9-8-15(22(28)29)18(23)19(16)30-3/h8-10,13-14H,4-7,11-12,23H2,1-3H3,(H,28,29). The molecule has 3 N–H and O–H groups in total. The third-order valence-corrected chi connectivity index (χ3v) is 6.16. The Hall–Kier alpha value is -3.03. The van der Waals surface area contributed by atoms with E-state index in [0.29, 0.717) is 23.3 Å². The van der Waals surface area contributed by atoms with Crippen LogP contribution < -0.4 is 20.3 Å². The summed E-state index contributed by atoms with van der Waals surface area (Å²) in [6.07, 6.45) is 6.72. The highest BCUT2D eigenvalue weighted by molar-refractivity contribution is 5.97. The van der Waals surface area contributed by atoms with Crippen molar-refractivity contribution in [1.82, 2.24) is 9.97 Å². The largest absolute Gasteiger partial charge is 0.494 e. The molecule has 8 heteroatoms. The van der Waals surface area contributed by atoms with Crippen molar-refractivity contribution < 1.29 is 14.6 Å². The van der Waals surface area contributed by atoms with Crippen molar-refractivity contribution in [3.8, 4) is 17.1 Å². The molecule has 1 fully saturated rings. The summed E-state index contributed by atoms with van der Waals surface area (Å²) < 4.78 is 5.46. The average Bonchev–Trinajstić information content (AvgIpc) is 3.21. The number of anilines is 3. The summed E-state index contributed by atoms with van der Waals surface area (Å²) in [6.45, 7) is 4.17. The molecule has 8 nitrogen and oxygen atoms in total. The Bertz CT molecular complexity index is 958. The van der Waals surface area contributed by atoms with Gasteiger partial charge in [0.25, 0.3) is 0 Å². The zero-order chi connectivity index (χ0) is 21.4. The summed E-state index contributed by atoms with van der Waals surface area (Å²) in [4.78, 5) is 25.7. The van der Waals surface area contributed by atoms with Crippen LogP contribution in [0.25, 0.3) is 11.4 Å². The highest BCUT2D eigenvalue weighted by Crippen LogP contribution is 2.40. The summed E-state index contributed by atoms with van der Waals surface area (Å²) in [7, 11) is 3.56. The van der Waals surface area contributed by atoms with Gasteiger partial charge in [-0.2, -0.15) is 0 Å². The lowest BCUT2D eigenvalue weighted by Crippen LogP contribution is -2.37. The molecule has 0 saturated heterocycles. The normalized spacial score (nSPS) is 19.5. The first-order valence-corrected chi connectivity index (χ1v) is 10.5. The molecule has 2 aliphatic rings. The first-order chi connectivity index (χ1) is 14.4. The highest BCUT2D eigenvalue weighted by Gasteiger charge is 2.31. The molecule has 0 amide bonds. The van der Waals surface area contributed by atoms with E-state index in [4.69, 9.17) is 15.5 Å². The Labute approximate surface area is 176 Å². The van der Waals surface area contributed by atoms with Gasteiger partial charge in [0.15, 0.2) is 17.4 Å². The maximum Gasteiger partial charge on any atom is 0.337 e. The van der Waals surface area contributed by atoms with Crippen LogP contribution >= 0.6 is 0 Å². The van der Waals surface area contributed by atoms with Crippen LogP contribution in [0.5, 0.6) is 5.75 Å². The van der Waals surface area contributed by atoms with E-state index < -0.39 is 5.97 Å². The van der Waals surface area contributed by atoms with Gasteiger partial charge in [0, 0.05) is 26.2 Å². The van der Waals surface area contributed by atoms with E-state index in [1.54, 1.807) is 6.07 Å². The molecule has 30 heavy (non-hydrogen) atoms. The second-order valence-corrected chi connectivity index (χ2v) is 8.39. The van der Waals surface area contributed by atoms with Gasteiger partial charge in [-0.25, -0.2) is 14.8 Å². The maximum absolute atomic E-state index is 11.4. The zero-order valence-electron chi connectivity index (χ0n) is 17.8. The molecular weight excluding hydrogens is 382 g/mol. The number of fused-ring (bicyclic) bond motifs is 1. The van der Waals surface area contributed by atoms with Gasteiger partial charge in [-0.15, -0.1) is 0 Å². The van der Waals surface area contributed by atoms with E-state index in [2.05, 4.69) is 28.8 Å². The maximum atomic E-state index is 11.4. The molecule has 1 atom stereocenters. The number of benzene rings is 1. The van der Waals surface area contributed by atoms with Crippen molar-refractivity contribution in [2.24, 2.45) is 5.92 Å². The summed E-state index contributed by atoms with van der Waals surface area (Å²) in [6, 6.07) is 3.64. The van der Waals surface area contributed by atoms with Crippen molar-refractivity contribution in [2.75, 3.05) is 42.8 Å². The fourth-order valence-corrected chi connectivity index (χ4v) is 4.74. The van der Waals surface area contributed by atoms with Crippen molar-refractivity contribution in [2.45, 2.75) is 38.6 Å². The number of rotatable bonds is 4. The molecule has 0 bridgehead atoms. The Balaban J connectivity index is 1.84. The van der Waals surface area contributed by atoms with Gasteiger partial charge < -0.3 is 25.4 Å². The number of nitrogens with two attached hydrogens (primary N) is 1. The minimum Gasteiger partial charge on any atom is -0.494 e. The van der Waals surface area contributed by atoms with Crippen LogP contribution in [0.3, 0.4) is 0 Å². The van der Waals surface area contributed by atoms with Crippen LogP contribution in [0.4, 0.5) is 17.2 Å². The quantitative estimate of drug-likeness (QED) is 0.739. The molecule has 1 aliphatic heterocycles. The first-order valence-electron chi connectivity index (χ1n) is 10.5. The van der Waals surface area contributed by atoms with Crippen molar-refractivity contribution in [3.05, 3.63) is 23.9 Å². The van der Waals surface area contributed by atoms with E-state index in [9.17, 15) is 9.90 Å². The van der Waals surface area contributed by atoms with Gasteiger partial charge in [0.05, 0.1) is 35.8 Å². The van der Waals surface area contributed by atoms with Crippen LogP contribution in [0.15, 0.2) is 18.3 Å². The zero-order valence-corrected chi connectivity index (χ0v) is 17.8. The van der Waals surface area contributed by atoms with E-state index >= 15 is 0 Å². The Morgan fingerprint density at radius 2 is 2.00 bits per heavy atom. The molecular formula is C22H29N5O3. The summed E-state index contributed by atoms with van der Waals surface area (Å²) >= 11 is 0. The number of aromatic nitrogens is 2. The third-order valence-electron chi connectivity index (χ3n) is 6.16. The van der Waals surface area contributed by atoms with Gasteiger partial charge >= 0.3 is 5.97 Å². The van der Waals surface area contributed by atoms with E-state index in [1.807, 2.05) is 6.20 Å². The Morgan fingerprint density at radius 3 is 2.67 bits per heavy atom. The average molecular weight is 412 g/mol. The van der Waals surface area contributed by atoms with E-state index in [-0.39, 0.29) is 17.0 Å². The van der Waals surface area contributed by atoms with E-state index in [1.165, 1.54) is 38.9 Å². The lowest BCUT2D eigenvalue weighted by Gasteiger charge is -2.31. The number of carbonyl (C=O) groups is 1. The van der Waals surface area contributed by atoms with Gasteiger partial charge in [-0.1, -0.05) is 19.8 Å². The predicted molar refractivity (Wildman–Crippen MR) is 117 cm³/mol. The third kappa shape index (κ3) is 3.51. The number of hydrogen-bond donors (Lipinski definition) is 2. The van der Waals surface area contributed by atoms with Crippen LogP contribution in [0.1, 0.15) is 43.0 Å². The molecule has 0 radical (unpaired) electrons. The molecule has 4 rings (SSSR count). The minimum absolute atomic E-state index is 0.00602. The van der Waals surface area contributed by atoms with Gasteiger partial charge in [0.2, 0.25) is 0 Å². The Morgan fingerprint density at radius 1 is 1.27 bits per heavy atom. The molecule has 2 heterocycles. The monoisotopic (exact) mass is 411 g/mol. The number of methoxy groups -OCH3 is 1. The number of carboxylic acids is 1. The fraction of sp³-hybridized carbons (Fsp3) is 0.500. The molecule has 1 unspecified atom stereocenters. The van der Waals surface area contributed by atoms with Crippen molar-refractivity contribution in [1.29, 1.82) is 0 Å². The van der Waals surface area contributed by atoms with Crippen LogP contribution in [-0.4, -0.2) is 54.3 Å². The van der Waals surface area contributed by atoms with Gasteiger partial charge in [0.1, 0.15) is 0 Å². The van der Waals surface area contributed by atoms with Crippen LogP contribution in [0, 0.1) is 5.92 Å². The van der Waals surface area contributed by atoms with Crippen LogP contribution in [-0.2, 0) is 0 Å². The molecule has 1 aliphatic carbocycles. The lowest BCUT2D eigenvalue weighted by atomic mass is 10.1. The summed E-state index contributed by atoms with van der Waals surface area (Å²) in [5, 5.41) is 9.37. The number of nitrogens with zero attached hydrogens (tertiary/aromatic N) is 4. The molecule has 1 aromatic carbocycles. The first kappa shape index (κ1) is 20.3. The van der Waals surface area contributed by atoms with E-state index in [0.717, 1.165) is 24.6 Å². The number of carboxylic acid groups (broad SMARTS) is 1. The number of hydrogen-bond acceptors (Lipinski definition) is 7. The molecule has 1 aromatic heterocycles. The molecule has 2 aromatic rings. The Kier molecular flexibility index (Phi) is 5.40. The predicted octanol–water partition coefficient (Wildman–Crippen LogP) is 3.27. The van der Waals surface area contributed by atoms with Crippen molar-refractivity contribution in [3.63, 3.8) is 0 Å². The fourth-order valence-electron chi connectivity index (χ4n) is 4.74. The van der Waals surface area contributed by atoms with Crippen molar-refractivity contribution >= 4 is 23.2 Å². The SMILES string of the molecule is COc1c(-c2ncc3c(n2)N(C2CCCC2)CC(C)CN3C)ccc(C(=O)O)c1N. The number of aromatic carboxylic acids is 1. The number of ether oxygens (including phenoxy) is 1. The minimum atomic E-state index is -1.09. The molecule has 1 saturated carbocycles. The molecule has 0 spiro atoms. The van der Waals surface area contributed by atoms with Gasteiger partial charge in [-0.05, 0) is 30.9 Å². The second-order valence-electron chi connectivity index (χ2n) is 8.39. The smallest absolute Gasteiger partial charge is 0.337 e. The summed E-state index contributed by atoms with van der Waals surface area (Å²) in [5.41, 5.74) is 7.78. The number of nitrogen functional groups attached to an aromatic ring is 1. The van der Waals surface area contributed by atoms with Gasteiger partial charge in [-0.3, -0.25) is 0 Å². The van der Waals surface area contributed by atoms with Crippen LogP contribution in [0.2, 0.25) is 0 Å². The second kappa shape index (κ2) is 8.01. The lowest BCUT2D eigenvalue weighted by molar-refractivity contribution is 0.0697. The topological polar surface area (TPSA) is 105 Å². The molecule has 160 valence electrons.